The molecule has 2 atom stereocenters. The maximum atomic E-state index is 14.3. The van der Waals surface area contributed by atoms with E-state index in [1.165, 1.54) is 12.1 Å². The lowest BCUT2D eigenvalue weighted by Crippen LogP contribution is -2.48. The van der Waals surface area contributed by atoms with Crippen molar-refractivity contribution in [1.29, 1.82) is 5.26 Å². The fraction of sp³-hybridized carbons (Fsp3) is 0.316. The molecule has 0 radical (unpaired) electrons. The van der Waals surface area contributed by atoms with Crippen molar-refractivity contribution in [3.05, 3.63) is 62.9 Å². The molecule has 2 aliphatic rings. The summed E-state index contributed by atoms with van der Waals surface area (Å²) in [5.74, 6) is -0.401. The molecule has 4 rings (SSSR count). The minimum Gasteiger partial charge on any atom is -0.481 e. The van der Waals surface area contributed by atoms with Crippen LogP contribution in [0.25, 0.3) is 0 Å². The van der Waals surface area contributed by atoms with Crippen LogP contribution in [0.2, 0.25) is 10.0 Å². The fourth-order valence-corrected chi connectivity index (χ4v) is 4.14. The van der Waals surface area contributed by atoms with Gasteiger partial charge in [0.05, 0.1) is 17.7 Å². The number of rotatable bonds is 3. The quantitative estimate of drug-likeness (QED) is 0.774. The maximum Gasteiger partial charge on any atom is 0.166 e. The van der Waals surface area contributed by atoms with Crippen LogP contribution in [0.1, 0.15) is 29.2 Å². The summed E-state index contributed by atoms with van der Waals surface area (Å²) in [6.45, 7) is 2.00. The van der Waals surface area contributed by atoms with Gasteiger partial charge in [0, 0.05) is 15.6 Å². The summed E-state index contributed by atoms with van der Waals surface area (Å²) in [6, 6.07) is 9.87. The van der Waals surface area contributed by atoms with Crippen LogP contribution in [0.4, 0.5) is 4.39 Å². The Hall–Kier alpha value is -1.80. The second kappa shape index (κ2) is 6.49. The van der Waals surface area contributed by atoms with Crippen LogP contribution in [0.3, 0.4) is 0 Å². The molecule has 0 unspecified atom stereocenters. The Morgan fingerprint density at radius 2 is 2.00 bits per heavy atom. The smallest absolute Gasteiger partial charge is 0.166 e. The van der Waals surface area contributed by atoms with Gasteiger partial charge in [-0.05, 0) is 61.8 Å². The molecular formula is C19H15Cl2FN2O. The van der Waals surface area contributed by atoms with E-state index in [1.54, 1.807) is 12.1 Å². The van der Waals surface area contributed by atoms with Crippen LogP contribution in [-0.4, -0.2) is 24.0 Å². The van der Waals surface area contributed by atoms with Gasteiger partial charge in [0.1, 0.15) is 6.10 Å². The molecule has 1 aliphatic heterocycles. The first-order chi connectivity index (χ1) is 12.1. The number of likely N-dealkylation sites (tertiary alicyclic amines) is 1. The van der Waals surface area contributed by atoms with Crippen molar-refractivity contribution in [3.8, 4) is 11.8 Å². The van der Waals surface area contributed by atoms with E-state index in [0.29, 0.717) is 10.0 Å². The third-order valence-corrected chi connectivity index (χ3v) is 5.49. The number of hydrogen-bond acceptors (Lipinski definition) is 3. The number of fused-ring (bicyclic) bond motifs is 1. The molecule has 0 aromatic heterocycles. The molecule has 0 N–H and O–H groups in total. The molecule has 6 heteroatoms. The van der Waals surface area contributed by atoms with E-state index in [-0.39, 0.29) is 23.5 Å². The molecule has 3 nitrogen and oxygen atoms in total. The summed E-state index contributed by atoms with van der Waals surface area (Å²) in [5, 5.41) is 10.1. The van der Waals surface area contributed by atoms with Crippen LogP contribution in [0, 0.1) is 17.1 Å². The molecule has 25 heavy (non-hydrogen) atoms. The number of nitrogens with zero attached hydrogens (tertiary/aromatic N) is 2. The summed E-state index contributed by atoms with van der Waals surface area (Å²) in [4.78, 5) is 2.33. The van der Waals surface area contributed by atoms with Crippen molar-refractivity contribution in [3.63, 3.8) is 0 Å². The average molecular weight is 377 g/mol. The fourth-order valence-electron chi connectivity index (χ4n) is 3.55. The highest BCUT2D eigenvalue weighted by Gasteiger charge is 2.41. The number of hydrogen-bond donors (Lipinski definition) is 0. The van der Waals surface area contributed by atoms with Crippen LogP contribution in [0.15, 0.2) is 30.3 Å². The first kappa shape index (κ1) is 16.7. The normalized spacial score (nSPS) is 22.2. The zero-order chi connectivity index (χ0) is 17.6. The van der Waals surface area contributed by atoms with E-state index in [2.05, 4.69) is 4.90 Å². The second-order valence-corrected chi connectivity index (χ2v) is 7.26. The van der Waals surface area contributed by atoms with Crippen molar-refractivity contribution >= 4 is 23.2 Å². The van der Waals surface area contributed by atoms with E-state index in [1.807, 2.05) is 12.1 Å². The Morgan fingerprint density at radius 3 is 2.64 bits per heavy atom. The van der Waals surface area contributed by atoms with E-state index in [9.17, 15) is 4.39 Å². The summed E-state index contributed by atoms with van der Waals surface area (Å²) in [7, 11) is 0. The number of benzene rings is 2. The molecule has 1 heterocycles. The van der Waals surface area contributed by atoms with E-state index in [4.69, 9.17) is 33.2 Å². The third kappa shape index (κ3) is 2.97. The van der Waals surface area contributed by atoms with Crippen LogP contribution in [0.5, 0.6) is 5.75 Å². The second-order valence-electron chi connectivity index (χ2n) is 6.41. The summed E-state index contributed by atoms with van der Waals surface area (Å²) in [5.41, 5.74) is 2.20. The van der Waals surface area contributed by atoms with Gasteiger partial charge in [-0.25, -0.2) is 4.39 Å². The molecule has 0 spiro atoms. The Labute approximate surface area is 155 Å². The predicted octanol–water partition coefficient (Wildman–Crippen LogP) is 4.75. The van der Waals surface area contributed by atoms with Gasteiger partial charge in [-0.3, -0.25) is 4.90 Å². The Bertz CT molecular complexity index is 876. The summed E-state index contributed by atoms with van der Waals surface area (Å²) < 4.78 is 20.4. The first-order valence-corrected chi connectivity index (χ1v) is 8.90. The Balaban J connectivity index is 1.71. The molecule has 1 aliphatic carbocycles. The Morgan fingerprint density at radius 1 is 1.20 bits per heavy atom. The number of ether oxygens (including phenoxy) is 1. The molecule has 128 valence electrons. The largest absolute Gasteiger partial charge is 0.481 e. The molecular weight excluding hydrogens is 362 g/mol. The van der Waals surface area contributed by atoms with Gasteiger partial charge in [-0.2, -0.15) is 5.26 Å². The van der Waals surface area contributed by atoms with Gasteiger partial charge in [0.2, 0.25) is 0 Å². The van der Waals surface area contributed by atoms with Crippen molar-refractivity contribution in [2.45, 2.75) is 25.0 Å². The minimum atomic E-state index is -0.539. The first-order valence-electron chi connectivity index (χ1n) is 8.15. The van der Waals surface area contributed by atoms with Crippen molar-refractivity contribution < 1.29 is 9.13 Å². The third-order valence-electron chi connectivity index (χ3n) is 4.94. The molecule has 0 amide bonds. The molecule has 2 aromatic carbocycles. The van der Waals surface area contributed by atoms with Gasteiger partial charge in [-0.15, -0.1) is 0 Å². The standard InChI is InChI=1S/C19H15Cl2FN2O/c20-12-7-14-13(15(21)8-12)9-17(24-4-1-5-24)19(14)25-18-3-2-11(10-23)6-16(18)22/h2-3,6-8,17,19H,1,4-5,9H2/t17-,19-/m0/s1. The molecule has 1 saturated heterocycles. The van der Waals surface area contributed by atoms with Crippen molar-refractivity contribution in [2.75, 3.05) is 13.1 Å². The monoisotopic (exact) mass is 376 g/mol. The number of nitriles is 1. The van der Waals surface area contributed by atoms with Crippen LogP contribution < -0.4 is 4.74 Å². The minimum absolute atomic E-state index is 0.106. The van der Waals surface area contributed by atoms with E-state index >= 15 is 0 Å². The molecule has 0 saturated carbocycles. The average Bonchev–Trinajstić information content (AvgIpc) is 2.86. The van der Waals surface area contributed by atoms with E-state index in [0.717, 1.165) is 37.1 Å². The SMILES string of the molecule is N#Cc1ccc(O[C@H]2c3cc(Cl)cc(Cl)c3C[C@@H]2N2CCC2)c(F)c1. The number of halogens is 3. The van der Waals surface area contributed by atoms with Crippen molar-refractivity contribution in [1.82, 2.24) is 4.90 Å². The molecule has 1 fully saturated rings. The highest BCUT2D eigenvalue weighted by Crippen LogP contribution is 2.43. The van der Waals surface area contributed by atoms with Gasteiger partial charge >= 0.3 is 0 Å². The van der Waals surface area contributed by atoms with Crippen LogP contribution >= 0.6 is 23.2 Å². The lowest BCUT2D eigenvalue weighted by Gasteiger charge is -2.39. The summed E-state index contributed by atoms with van der Waals surface area (Å²) >= 11 is 12.6. The molecule has 0 bridgehead atoms. The zero-order valence-electron chi connectivity index (χ0n) is 13.3. The zero-order valence-corrected chi connectivity index (χ0v) is 14.8. The van der Waals surface area contributed by atoms with Gasteiger partial charge < -0.3 is 4.74 Å². The van der Waals surface area contributed by atoms with Crippen LogP contribution in [-0.2, 0) is 6.42 Å². The summed E-state index contributed by atoms with van der Waals surface area (Å²) in [6.07, 6.45) is 1.57. The highest BCUT2D eigenvalue weighted by atomic mass is 35.5. The highest BCUT2D eigenvalue weighted by molar-refractivity contribution is 6.35. The van der Waals surface area contributed by atoms with Crippen molar-refractivity contribution in [2.24, 2.45) is 0 Å². The maximum absolute atomic E-state index is 14.3. The Kier molecular flexibility index (Phi) is 4.33. The topological polar surface area (TPSA) is 36.3 Å². The van der Waals surface area contributed by atoms with Gasteiger partial charge in [0.25, 0.3) is 0 Å². The lowest BCUT2D eigenvalue weighted by molar-refractivity contribution is 0.0367. The van der Waals surface area contributed by atoms with E-state index < -0.39 is 5.82 Å². The van der Waals surface area contributed by atoms with Gasteiger partial charge in [0.15, 0.2) is 11.6 Å². The lowest BCUT2D eigenvalue weighted by atomic mass is 10.0. The van der Waals surface area contributed by atoms with Gasteiger partial charge in [-0.1, -0.05) is 23.2 Å². The predicted molar refractivity (Wildman–Crippen MR) is 94.6 cm³/mol. The molecule has 2 aromatic rings.